The first-order valence-electron chi connectivity index (χ1n) is 7.57. The number of hydrogen-bond donors (Lipinski definition) is 1. The Morgan fingerprint density at radius 1 is 0.955 bits per heavy atom. The second-order valence-corrected chi connectivity index (χ2v) is 5.73. The summed E-state index contributed by atoms with van der Waals surface area (Å²) in [6.07, 6.45) is -0.109. The number of carbonyl (C=O) groups excluding carboxylic acids is 1. The number of ketones is 1. The first-order valence-corrected chi connectivity index (χ1v) is 7.57. The molecule has 0 saturated heterocycles. The Hall–Kier alpha value is -2.26. The molecule has 1 heterocycles. The molecular weight excluding hydrogens is 272 g/mol. The number of rotatable bonds is 3. The lowest BCUT2D eigenvalue weighted by Crippen LogP contribution is -2.42. The van der Waals surface area contributed by atoms with Crippen LogP contribution in [0.1, 0.15) is 37.2 Å². The van der Waals surface area contributed by atoms with Crippen molar-refractivity contribution in [3.8, 4) is 0 Å². The molecule has 0 fully saturated rings. The predicted octanol–water partition coefficient (Wildman–Crippen LogP) is 3.70. The van der Waals surface area contributed by atoms with Gasteiger partial charge in [0.2, 0.25) is 0 Å². The molecule has 0 aromatic heterocycles. The Balaban J connectivity index is 2.01. The van der Waals surface area contributed by atoms with E-state index in [9.17, 15) is 4.79 Å². The Bertz CT molecular complexity index is 679. The summed E-state index contributed by atoms with van der Waals surface area (Å²) in [6, 6.07) is 20.2. The molecule has 3 nitrogen and oxygen atoms in total. The molecule has 112 valence electrons. The third-order valence-corrected chi connectivity index (χ3v) is 4.17. The topological polar surface area (TPSA) is 41.5 Å². The molecule has 22 heavy (non-hydrogen) atoms. The minimum atomic E-state index is -0.206. The van der Waals surface area contributed by atoms with E-state index in [4.69, 9.17) is 4.99 Å². The summed E-state index contributed by atoms with van der Waals surface area (Å²) < 4.78 is 0. The van der Waals surface area contributed by atoms with Crippen LogP contribution < -0.4 is 5.32 Å². The summed E-state index contributed by atoms with van der Waals surface area (Å²) >= 11 is 0. The molecule has 3 heteroatoms. The highest BCUT2D eigenvalue weighted by atomic mass is 16.1. The fourth-order valence-corrected chi connectivity index (χ4v) is 3.11. The number of nitrogens with zero attached hydrogens (tertiary/aromatic N) is 1. The molecule has 1 unspecified atom stereocenters. The van der Waals surface area contributed by atoms with E-state index >= 15 is 0 Å². The highest BCUT2D eigenvalue weighted by molar-refractivity contribution is 6.04. The number of benzene rings is 2. The molecule has 0 aliphatic carbocycles. The van der Waals surface area contributed by atoms with E-state index in [1.807, 2.05) is 43.3 Å². The van der Waals surface area contributed by atoms with Gasteiger partial charge in [-0.3, -0.25) is 15.1 Å². The van der Waals surface area contributed by atoms with Crippen LogP contribution in [0.2, 0.25) is 0 Å². The van der Waals surface area contributed by atoms with Crippen LogP contribution in [0.3, 0.4) is 0 Å². The van der Waals surface area contributed by atoms with Gasteiger partial charge in [0.15, 0.2) is 0 Å². The van der Waals surface area contributed by atoms with E-state index < -0.39 is 0 Å². The van der Waals surface area contributed by atoms with E-state index in [1.54, 1.807) is 6.92 Å². The maximum absolute atomic E-state index is 12.1. The van der Waals surface area contributed by atoms with E-state index in [-0.39, 0.29) is 23.9 Å². The van der Waals surface area contributed by atoms with Crippen LogP contribution in [0.4, 0.5) is 0 Å². The number of nitrogens with one attached hydrogen (secondary N) is 1. The van der Waals surface area contributed by atoms with Gasteiger partial charge in [-0.1, -0.05) is 60.7 Å². The average Bonchev–Trinajstić information content (AvgIpc) is 2.55. The van der Waals surface area contributed by atoms with Crippen molar-refractivity contribution in [1.82, 2.24) is 5.32 Å². The van der Waals surface area contributed by atoms with Crippen LogP contribution >= 0.6 is 0 Å². The summed E-state index contributed by atoms with van der Waals surface area (Å²) in [6.45, 7) is 3.60. The van der Waals surface area contributed by atoms with Gasteiger partial charge in [0, 0.05) is 11.8 Å². The summed E-state index contributed by atoms with van der Waals surface area (Å²) in [5, 5.41) is 3.54. The predicted molar refractivity (Wildman–Crippen MR) is 88.8 cm³/mol. The quantitative estimate of drug-likeness (QED) is 0.937. The van der Waals surface area contributed by atoms with Crippen LogP contribution in [0.15, 0.2) is 65.7 Å². The highest BCUT2D eigenvalue weighted by Gasteiger charge is 2.35. The van der Waals surface area contributed by atoms with Crippen molar-refractivity contribution in [2.75, 3.05) is 0 Å². The van der Waals surface area contributed by atoms with Crippen LogP contribution in [0, 0.1) is 5.92 Å². The SMILES string of the molecule is CC(=O)C1C(C)=N[C@H](c2ccccc2)N[C@@H]1c1ccccc1. The molecule has 2 aromatic carbocycles. The summed E-state index contributed by atoms with van der Waals surface area (Å²) in [5.41, 5.74) is 3.14. The van der Waals surface area contributed by atoms with Gasteiger partial charge >= 0.3 is 0 Å². The Labute approximate surface area is 131 Å². The first-order chi connectivity index (χ1) is 10.7. The number of hydrogen-bond acceptors (Lipinski definition) is 3. The van der Waals surface area contributed by atoms with Crippen molar-refractivity contribution in [2.45, 2.75) is 26.1 Å². The van der Waals surface area contributed by atoms with Crippen LogP contribution in [0.25, 0.3) is 0 Å². The molecule has 0 radical (unpaired) electrons. The molecule has 0 bridgehead atoms. The molecule has 2 aromatic rings. The standard InChI is InChI=1S/C19H20N2O/c1-13-17(14(2)22)18(15-9-5-3-6-10-15)21-19(20-13)16-11-7-4-8-12-16/h3-12,17-19,21H,1-2H3/t17?,18-,19+/m1/s1. The summed E-state index contributed by atoms with van der Waals surface area (Å²) in [7, 11) is 0. The Morgan fingerprint density at radius 2 is 1.50 bits per heavy atom. The lowest BCUT2D eigenvalue weighted by Gasteiger charge is -2.35. The molecule has 0 saturated carbocycles. The monoisotopic (exact) mass is 292 g/mol. The third-order valence-electron chi connectivity index (χ3n) is 4.17. The van der Waals surface area contributed by atoms with Crippen LogP contribution in [-0.4, -0.2) is 11.5 Å². The van der Waals surface area contributed by atoms with Crippen molar-refractivity contribution in [2.24, 2.45) is 10.9 Å². The normalized spacial score (nSPS) is 24.6. The van der Waals surface area contributed by atoms with Gasteiger partial charge in [0.05, 0.1) is 5.92 Å². The van der Waals surface area contributed by atoms with E-state index in [0.717, 1.165) is 16.8 Å². The van der Waals surface area contributed by atoms with Gasteiger partial charge in [-0.05, 0) is 25.0 Å². The minimum Gasteiger partial charge on any atom is -0.299 e. The van der Waals surface area contributed by atoms with Crippen molar-refractivity contribution >= 4 is 11.5 Å². The first kappa shape index (κ1) is 14.7. The van der Waals surface area contributed by atoms with Crippen molar-refractivity contribution in [1.29, 1.82) is 0 Å². The fraction of sp³-hybridized carbons (Fsp3) is 0.263. The van der Waals surface area contributed by atoms with Gasteiger partial charge < -0.3 is 0 Å². The zero-order valence-electron chi connectivity index (χ0n) is 12.9. The van der Waals surface area contributed by atoms with Gasteiger partial charge in [0.25, 0.3) is 0 Å². The third kappa shape index (κ3) is 2.85. The Morgan fingerprint density at radius 3 is 2.05 bits per heavy atom. The summed E-state index contributed by atoms with van der Waals surface area (Å²) in [4.78, 5) is 16.8. The maximum Gasteiger partial charge on any atom is 0.140 e. The number of Topliss-reactive ketones (excluding diaryl/α,β-unsaturated/α-hetero) is 1. The smallest absolute Gasteiger partial charge is 0.140 e. The molecule has 3 rings (SSSR count). The highest BCUT2D eigenvalue weighted by Crippen LogP contribution is 2.33. The lowest BCUT2D eigenvalue weighted by molar-refractivity contribution is -0.119. The van der Waals surface area contributed by atoms with Gasteiger partial charge in [-0.15, -0.1) is 0 Å². The van der Waals surface area contributed by atoms with Gasteiger partial charge in [0.1, 0.15) is 11.9 Å². The molecular formula is C19H20N2O. The molecule has 1 aliphatic heterocycles. The van der Waals surface area contributed by atoms with Crippen molar-refractivity contribution in [3.05, 3.63) is 71.8 Å². The second kappa shape index (κ2) is 6.24. The molecule has 1 N–H and O–H groups in total. The van der Waals surface area contributed by atoms with Crippen molar-refractivity contribution < 1.29 is 4.79 Å². The maximum atomic E-state index is 12.1. The molecule has 3 atom stereocenters. The van der Waals surface area contributed by atoms with Crippen LogP contribution in [0.5, 0.6) is 0 Å². The van der Waals surface area contributed by atoms with Crippen molar-refractivity contribution in [3.63, 3.8) is 0 Å². The summed E-state index contributed by atoms with van der Waals surface area (Å²) in [5.74, 6) is -0.0588. The van der Waals surface area contributed by atoms with E-state index in [0.29, 0.717) is 0 Å². The lowest BCUT2D eigenvalue weighted by atomic mass is 9.84. The molecule has 0 amide bonds. The Kier molecular flexibility index (Phi) is 4.16. The second-order valence-electron chi connectivity index (χ2n) is 5.73. The van der Waals surface area contributed by atoms with Gasteiger partial charge in [-0.2, -0.15) is 0 Å². The minimum absolute atomic E-state index is 0.0404. The molecule has 1 aliphatic rings. The average molecular weight is 292 g/mol. The zero-order valence-corrected chi connectivity index (χ0v) is 12.9. The van der Waals surface area contributed by atoms with E-state index in [2.05, 4.69) is 29.6 Å². The number of aliphatic imine (C=N–C) groups is 1. The largest absolute Gasteiger partial charge is 0.299 e. The van der Waals surface area contributed by atoms with Gasteiger partial charge in [-0.25, -0.2) is 0 Å². The fourth-order valence-electron chi connectivity index (χ4n) is 3.11. The number of carbonyl (C=O) groups is 1. The molecule has 0 spiro atoms. The van der Waals surface area contributed by atoms with E-state index in [1.165, 1.54) is 0 Å². The van der Waals surface area contributed by atoms with Crippen LogP contribution in [-0.2, 0) is 4.79 Å². The zero-order chi connectivity index (χ0) is 15.5.